The summed E-state index contributed by atoms with van der Waals surface area (Å²) in [7, 11) is 0. The highest BCUT2D eigenvalue weighted by Crippen LogP contribution is 2.14. The van der Waals surface area contributed by atoms with E-state index in [0.717, 1.165) is 0 Å². The molecule has 0 unspecified atom stereocenters. The zero-order valence-electron chi connectivity index (χ0n) is 13.3. The lowest BCUT2D eigenvalue weighted by Crippen LogP contribution is -2.17. The number of rotatable bonds is 6. The van der Waals surface area contributed by atoms with E-state index in [0.29, 0.717) is 16.9 Å². The van der Waals surface area contributed by atoms with Crippen molar-refractivity contribution < 1.29 is 14.5 Å². The van der Waals surface area contributed by atoms with Gasteiger partial charge in [0, 0.05) is 17.7 Å². The Bertz CT molecular complexity index is 737. The van der Waals surface area contributed by atoms with E-state index in [1.54, 1.807) is 36.4 Å². The zero-order valence-corrected chi connectivity index (χ0v) is 13.3. The molecule has 0 atom stereocenters. The Morgan fingerprint density at radius 2 is 1.79 bits per heavy atom. The molecule has 0 aliphatic carbocycles. The summed E-state index contributed by atoms with van der Waals surface area (Å²) >= 11 is 0. The maximum atomic E-state index is 12.0. The first kappa shape index (κ1) is 17.1. The zero-order chi connectivity index (χ0) is 17.5. The predicted octanol–water partition coefficient (Wildman–Crippen LogP) is 3.15. The molecule has 0 spiro atoms. The minimum absolute atomic E-state index is 0.000100. The standard InChI is InChI=1S/C17H17N3O4/c1-12(2)24-16-9-5-14(6-10-16)17(21)19-18-11-13-3-7-15(8-4-13)20(22)23/h3-12H,1-2H3,(H,19,21)/b18-11+. The summed E-state index contributed by atoms with van der Waals surface area (Å²) < 4.78 is 5.51. The second-order valence-electron chi connectivity index (χ2n) is 5.24. The van der Waals surface area contributed by atoms with Gasteiger partial charge in [0.2, 0.25) is 0 Å². The number of hydrogen-bond donors (Lipinski definition) is 1. The monoisotopic (exact) mass is 327 g/mol. The number of hydrogen-bond acceptors (Lipinski definition) is 5. The van der Waals surface area contributed by atoms with Gasteiger partial charge in [0.25, 0.3) is 11.6 Å². The van der Waals surface area contributed by atoms with Gasteiger partial charge in [-0.2, -0.15) is 5.10 Å². The van der Waals surface area contributed by atoms with Crippen LogP contribution in [0.3, 0.4) is 0 Å². The van der Waals surface area contributed by atoms with Gasteiger partial charge in [0.05, 0.1) is 17.2 Å². The molecule has 7 nitrogen and oxygen atoms in total. The summed E-state index contributed by atoms with van der Waals surface area (Å²) in [5.74, 6) is 0.334. The Kier molecular flexibility index (Phi) is 5.62. The van der Waals surface area contributed by atoms with Crippen LogP contribution in [0.5, 0.6) is 5.75 Å². The molecular formula is C17H17N3O4. The van der Waals surface area contributed by atoms with E-state index < -0.39 is 4.92 Å². The Hall–Kier alpha value is -3.22. The Morgan fingerprint density at radius 3 is 2.33 bits per heavy atom. The number of ether oxygens (including phenoxy) is 1. The maximum Gasteiger partial charge on any atom is 0.271 e. The molecule has 0 saturated carbocycles. The van der Waals surface area contributed by atoms with Gasteiger partial charge in [-0.05, 0) is 55.8 Å². The molecule has 0 saturated heterocycles. The first-order valence-corrected chi connectivity index (χ1v) is 7.30. The molecule has 24 heavy (non-hydrogen) atoms. The summed E-state index contributed by atoms with van der Waals surface area (Å²) in [6.07, 6.45) is 1.48. The van der Waals surface area contributed by atoms with Gasteiger partial charge in [-0.25, -0.2) is 5.43 Å². The largest absolute Gasteiger partial charge is 0.491 e. The SMILES string of the molecule is CC(C)Oc1ccc(C(=O)N/N=C/c2ccc([N+](=O)[O-])cc2)cc1. The predicted molar refractivity (Wildman–Crippen MR) is 90.4 cm³/mol. The number of non-ortho nitro benzene ring substituents is 1. The van der Waals surface area contributed by atoms with Gasteiger partial charge in [-0.1, -0.05) is 0 Å². The molecule has 1 amide bonds. The molecule has 2 rings (SSSR count). The third kappa shape index (κ3) is 4.91. The van der Waals surface area contributed by atoms with Crippen LogP contribution < -0.4 is 10.2 Å². The highest BCUT2D eigenvalue weighted by molar-refractivity contribution is 5.95. The molecule has 0 bridgehead atoms. The first-order chi connectivity index (χ1) is 11.5. The van der Waals surface area contributed by atoms with Gasteiger partial charge in [0.15, 0.2) is 0 Å². The third-order valence-electron chi connectivity index (χ3n) is 2.97. The van der Waals surface area contributed by atoms with E-state index in [1.165, 1.54) is 18.3 Å². The van der Waals surface area contributed by atoms with E-state index in [1.807, 2.05) is 13.8 Å². The van der Waals surface area contributed by atoms with E-state index >= 15 is 0 Å². The molecular weight excluding hydrogens is 310 g/mol. The van der Waals surface area contributed by atoms with Gasteiger partial charge in [-0.15, -0.1) is 0 Å². The number of nitro groups is 1. The molecule has 2 aromatic rings. The number of amides is 1. The normalized spacial score (nSPS) is 10.8. The minimum Gasteiger partial charge on any atom is -0.491 e. The fraction of sp³-hybridized carbons (Fsp3) is 0.176. The summed E-state index contributed by atoms with van der Waals surface area (Å²) in [4.78, 5) is 22.0. The number of carbonyl (C=O) groups excluding carboxylic acids is 1. The van der Waals surface area contributed by atoms with E-state index in [-0.39, 0.29) is 17.7 Å². The number of nitro benzene ring substituents is 1. The molecule has 7 heteroatoms. The summed E-state index contributed by atoms with van der Waals surface area (Å²) in [6.45, 7) is 3.85. The second-order valence-corrected chi connectivity index (χ2v) is 5.24. The minimum atomic E-state index is -0.477. The highest BCUT2D eigenvalue weighted by Gasteiger charge is 2.05. The number of nitrogens with one attached hydrogen (secondary N) is 1. The smallest absolute Gasteiger partial charge is 0.271 e. The van der Waals surface area contributed by atoms with Gasteiger partial charge < -0.3 is 4.74 Å². The second kappa shape index (κ2) is 7.87. The Morgan fingerprint density at radius 1 is 1.17 bits per heavy atom. The van der Waals surface area contributed by atoms with E-state index in [4.69, 9.17) is 4.74 Å². The van der Waals surface area contributed by atoms with E-state index in [2.05, 4.69) is 10.5 Å². The fourth-order valence-corrected chi connectivity index (χ4v) is 1.87. The molecule has 0 aliphatic heterocycles. The first-order valence-electron chi connectivity index (χ1n) is 7.30. The van der Waals surface area contributed by atoms with Gasteiger partial charge in [-0.3, -0.25) is 14.9 Å². The topological polar surface area (TPSA) is 93.8 Å². The van der Waals surface area contributed by atoms with Crippen molar-refractivity contribution in [3.63, 3.8) is 0 Å². The van der Waals surface area contributed by atoms with Crippen LogP contribution >= 0.6 is 0 Å². The molecule has 0 fully saturated rings. The van der Waals surface area contributed by atoms with Crippen molar-refractivity contribution in [2.75, 3.05) is 0 Å². The van der Waals surface area contributed by atoms with Crippen molar-refractivity contribution in [1.29, 1.82) is 0 Å². The van der Waals surface area contributed by atoms with Crippen LogP contribution in [-0.4, -0.2) is 23.1 Å². The van der Waals surface area contributed by atoms with E-state index in [9.17, 15) is 14.9 Å². The van der Waals surface area contributed by atoms with Crippen molar-refractivity contribution in [3.8, 4) is 5.75 Å². The maximum absolute atomic E-state index is 12.0. The van der Waals surface area contributed by atoms with Crippen LogP contribution in [-0.2, 0) is 0 Å². The summed E-state index contributed by atoms with van der Waals surface area (Å²) in [5.41, 5.74) is 3.49. The van der Waals surface area contributed by atoms with Crippen molar-refractivity contribution in [1.82, 2.24) is 5.43 Å². The third-order valence-corrected chi connectivity index (χ3v) is 2.97. The molecule has 0 aliphatic rings. The summed E-state index contributed by atoms with van der Waals surface area (Å²) in [5, 5.41) is 14.4. The lowest BCUT2D eigenvalue weighted by molar-refractivity contribution is -0.384. The lowest BCUT2D eigenvalue weighted by atomic mass is 10.2. The average molecular weight is 327 g/mol. The average Bonchev–Trinajstić information content (AvgIpc) is 2.55. The number of carbonyl (C=O) groups is 1. The molecule has 0 heterocycles. The number of hydrazone groups is 1. The molecule has 124 valence electrons. The number of nitrogens with zero attached hydrogens (tertiary/aromatic N) is 2. The highest BCUT2D eigenvalue weighted by atomic mass is 16.6. The van der Waals surface area contributed by atoms with Crippen LogP contribution in [0.2, 0.25) is 0 Å². The fourth-order valence-electron chi connectivity index (χ4n) is 1.87. The van der Waals surface area contributed by atoms with Crippen LogP contribution in [0.25, 0.3) is 0 Å². The van der Waals surface area contributed by atoms with Crippen LogP contribution in [0.1, 0.15) is 29.8 Å². The Balaban J connectivity index is 1.93. The van der Waals surface area contributed by atoms with Crippen molar-refractivity contribution >= 4 is 17.8 Å². The van der Waals surface area contributed by atoms with Gasteiger partial charge in [0.1, 0.15) is 5.75 Å². The van der Waals surface area contributed by atoms with Crippen LogP contribution in [0.4, 0.5) is 5.69 Å². The lowest BCUT2D eigenvalue weighted by Gasteiger charge is -2.09. The van der Waals surface area contributed by atoms with Crippen molar-refractivity contribution in [3.05, 3.63) is 69.8 Å². The Labute approximate surface area is 139 Å². The quantitative estimate of drug-likeness (QED) is 0.501. The van der Waals surface area contributed by atoms with Crippen LogP contribution in [0.15, 0.2) is 53.6 Å². The number of benzene rings is 2. The molecule has 0 radical (unpaired) electrons. The molecule has 0 aromatic heterocycles. The molecule has 2 aromatic carbocycles. The van der Waals surface area contributed by atoms with Crippen LogP contribution in [0, 0.1) is 10.1 Å². The van der Waals surface area contributed by atoms with Crippen molar-refractivity contribution in [2.24, 2.45) is 5.10 Å². The molecule has 1 N–H and O–H groups in total. The van der Waals surface area contributed by atoms with Gasteiger partial charge >= 0.3 is 0 Å². The summed E-state index contributed by atoms with van der Waals surface area (Å²) in [6, 6.07) is 12.6. The van der Waals surface area contributed by atoms with Crippen molar-refractivity contribution in [2.45, 2.75) is 20.0 Å².